The lowest BCUT2D eigenvalue weighted by molar-refractivity contribution is -0.384. The first-order valence-electron chi connectivity index (χ1n) is 8.86. The summed E-state index contributed by atoms with van der Waals surface area (Å²) < 4.78 is 0.930. The fraction of sp³-hybridized carbons (Fsp3) is 0. The van der Waals surface area contributed by atoms with E-state index < -0.39 is 4.92 Å². The summed E-state index contributed by atoms with van der Waals surface area (Å²) in [7, 11) is 0. The zero-order valence-electron chi connectivity index (χ0n) is 15.2. The molecule has 0 aliphatic carbocycles. The molecule has 0 spiro atoms. The fourth-order valence-electron chi connectivity index (χ4n) is 3.16. The van der Waals surface area contributed by atoms with Gasteiger partial charge in [0.15, 0.2) is 0 Å². The lowest BCUT2D eigenvalue weighted by Crippen LogP contribution is -2.24. The number of anilines is 1. The molecule has 0 atom stereocenters. The topological polar surface area (TPSA) is 63.4 Å². The van der Waals surface area contributed by atoms with E-state index in [4.69, 9.17) is 0 Å². The van der Waals surface area contributed by atoms with E-state index in [0.29, 0.717) is 5.57 Å². The Morgan fingerprint density at radius 1 is 0.897 bits per heavy atom. The van der Waals surface area contributed by atoms with Crippen molar-refractivity contribution in [2.75, 3.05) is 4.90 Å². The Kier molecular flexibility index (Phi) is 5.10. The number of nitro groups is 1. The van der Waals surface area contributed by atoms with Gasteiger partial charge in [-0.1, -0.05) is 46.3 Å². The Hall–Kier alpha value is -3.51. The molecule has 29 heavy (non-hydrogen) atoms. The van der Waals surface area contributed by atoms with E-state index in [1.54, 1.807) is 23.1 Å². The van der Waals surface area contributed by atoms with Crippen LogP contribution in [0.5, 0.6) is 0 Å². The van der Waals surface area contributed by atoms with Crippen LogP contribution in [0.3, 0.4) is 0 Å². The number of amides is 1. The van der Waals surface area contributed by atoms with E-state index in [-0.39, 0.29) is 11.6 Å². The van der Waals surface area contributed by atoms with Crippen molar-refractivity contribution in [3.05, 3.63) is 116 Å². The zero-order chi connectivity index (χ0) is 20.4. The maximum absolute atomic E-state index is 13.2. The number of nitro benzene ring substituents is 1. The smallest absolute Gasteiger partial charge is 0.269 e. The number of hydrogen-bond donors (Lipinski definition) is 0. The number of nitrogens with zero attached hydrogens (tertiary/aromatic N) is 2. The van der Waals surface area contributed by atoms with Gasteiger partial charge in [-0.3, -0.25) is 19.8 Å². The van der Waals surface area contributed by atoms with E-state index in [1.807, 2.05) is 60.7 Å². The second kappa shape index (κ2) is 7.85. The molecule has 0 saturated heterocycles. The molecule has 4 rings (SSSR count). The summed E-state index contributed by atoms with van der Waals surface area (Å²) in [5.41, 5.74) is 3.73. The summed E-state index contributed by atoms with van der Waals surface area (Å²) in [5.74, 6) is -0.149. The third-order valence-corrected chi connectivity index (χ3v) is 5.09. The summed E-state index contributed by atoms with van der Waals surface area (Å²) in [6, 6.07) is 23.4. The quantitative estimate of drug-likeness (QED) is 0.287. The average Bonchev–Trinajstić information content (AvgIpc) is 3.06. The third kappa shape index (κ3) is 3.88. The fourth-order valence-corrected chi connectivity index (χ4v) is 3.42. The minimum atomic E-state index is -0.444. The summed E-state index contributed by atoms with van der Waals surface area (Å²) in [4.78, 5) is 25.3. The monoisotopic (exact) mass is 446 g/mol. The number of benzene rings is 3. The number of carbonyl (C=O) groups excluding carboxylic acids is 1. The zero-order valence-corrected chi connectivity index (χ0v) is 16.7. The lowest BCUT2D eigenvalue weighted by Gasteiger charge is -2.21. The molecule has 142 valence electrons. The number of hydrogen-bond acceptors (Lipinski definition) is 3. The molecule has 0 N–H and O–H groups in total. The van der Waals surface area contributed by atoms with Crippen molar-refractivity contribution in [1.29, 1.82) is 0 Å². The van der Waals surface area contributed by atoms with Gasteiger partial charge in [-0.05, 0) is 59.7 Å². The second-order valence-electron chi connectivity index (χ2n) is 6.46. The van der Waals surface area contributed by atoms with Crippen LogP contribution in [0.4, 0.5) is 11.4 Å². The van der Waals surface area contributed by atoms with Crippen LogP contribution in [-0.4, -0.2) is 10.8 Å². The summed E-state index contributed by atoms with van der Waals surface area (Å²) in [6.45, 7) is 0. The van der Waals surface area contributed by atoms with E-state index in [0.717, 1.165) is 27.0 Å². The van der Waals surface area contributed by atoms with Crippen molar-refractivity contribution in [1.82, 2.24) is 0 Å². The van der Waals surface area contributed by atoms with Crippen molar-refractivity contribution in [2.45, 2.75) is 0 Å². The molecule has 0 unspecified atom stereocenters. The van der Waals surface area contributed by atoms with Crippen LogP contribution in [0.25, 0.3) is 11.8 Å². The molecular formula is C23H15BrN2O3. The SMILES string of the molecule is O=C1C(=Cc2ccc([N+](=O)[O-])cc2)C=C(c2ccccc2)N1c1ccc(Br)cc1. The molecule has 0 saturated carbocycles. The second-order valence-corrected chi connectivity index (χ2v) is 7.38. The molecule has 0 fully saturated rings. The lowest BCUT2D eigenvalue weighted by atomic mass is 10.1. The standard InChI is InChI=1S/C23H15BrN2O3/c24-19-8-12-20(13-9-19)25-22(17-4-2-1-3-5-17)15-18(23(25)27)14-16-6-10-21(11-7-16)26(28)29/h1-15H. The van der Waals surface area contributed by atoms with Gasteiger partial charge in [-0.2, -0.15) is 0 Å². The third-order valence-electron chi connectivity index (χ3n) is 4.56. The van der Waals surface area contributed by atoms with Crippen molar-refractivity contribution in [3.8, 4) is 0 Å². The van der Waals surface area contributed by atoms with Gasteiger partial charge in [0.25, 0.3) is 11.6 Å². The maximum atomic E-state index is 13.2. The summed E-state index contributed by atoms with van der Waals surface area (Å²) in [5, 5.41) is 10.8. The van der Waals surface area contributed by atoms with Crippen LogP contribution in [0.15, 0.2) is 95.0 Å². The van der Waals surface area contributed by atoms with Crippen LogP contribution in [0.1, 0.15) is 11.1 Å². The highest BCUT2D eigenvalue weighted by atomic mass is 79.9. The molecule has 0 radical (unpaired) electrons. The Morgan fingerprint density at radius 2 is 1.55 bits per heavy atom. The first-order chi connectivity index (χ1) is 14.0. The Balaban J connectivity index is 1.77. The molecule has 5 nitrogen and oxygen atoms in total. The van der Waals surface area contributed by atoms with E-state index in [2.05, 4.69) is 15.9 Å². The van der Waals surface area contributed by atoms with E-state index in [1.165, 1.54) is 12.1 Å². The summed E-state index contributed by atoms with van der Waals surface area (Å²) in [6.07, 6.45) is 3.59. The van der Waals surface area contributed by atoms with E-state index >= 15 is 0 Å². The van der Waals surface area contributed by atoms with Crippen LogP contribution in [0.2, 0.25) is 0 Å². The molecule has 1 aliphatic rings. The van der Waals surface area contributed by atoms with Gasteiger partial charge in [-0.15, -0.1) is 0 Å². The first kappa shape index (κ1) is 18.8. The van der Waals surface area contributed by atoms with Gasteiger partial charge in [-0.25, -0.2) is 0 Å². The number of halogens is 1. The molecule has 3 aromatic carbocycles. The largest absolute Gasteiger partial charge is 0.276 e. The van der Waals surface area contributed by atoms with Crippen molar-refractivity contribution in [3.63, 3.8) is 0 Å². The van der Waals surface area contributed by atoms with Crippen molar-refractivity contribution in [2.24, 2.45) is 0 Å². The Labute approximate surface area is 175 Å². The molecule has 1 amide bonds. The predicted molar refractivity (Wildman–Crippen MR) is 117 cm³/mol. The highest BCUT2D eigenvalue weighted by Crippen LogP contribution is 2.35. The first-order valence-corrected chi connectivity index (χ1v) is 9.65. The van der Waals surface area contributed by atoms with Gasteiger partial charge in [0.1, 0.15) is 0 Å². The number of rotatable bonds is 4. The van der Waals surface area contributed by atoms with E-state index in [9.17, 15) is 14.9 Å². The van der Waals surface area contributed by atoms with Crippen LogP contribution in [-0.2, 0) is 4.79 Å². The predicted octanol–water partition coefficient (Wildman–Crippen LogP) is 5.83. The van der Waals surface area contributed by atoms with Crippen molar-refractivity contribution < 1.29 is 9.72 Å². The number of non-ortho nitro benzene ring substituents is 1. The van der Waals surface area contributed by atoms with Gasteiger partial charge < -0.3 is 0 Å². The molecule has 0 bridgehead atoms. The molecule has 0 aromatic heterocycles. The highest BCUT2D eigenvalue weighted by molar-refractivity contribution is 9.10. The minimum Gasteiger partial charge on any atom is -0.276 e. The molecule has 1 heterocycles. The minimum absolute atomic E-state index is 0.0157. The Bertz CT molecular complexity index is 1140. The van der Waals surface area contributed by atoms with Crippen LogP contribution < -0.4 is 4.90 Å². The van der Waals surface area contributed by atoms with Gasteiger partial charge in [0, 0.05) is 27.9 Å². The highest BCUT2D eigenvalue weighted by Gasteiger charge is 2.30. The maximum Gasteiger partial charge on any atom is 0.269 e. The van der Waals surface area contributed by atoms with Gasteiger partial charge >= 0.3 is 0 Å². The van der Waals surface area contributed by atoms with Crippen LogP contribution >= 0.6 is 15.9 Å². The van der Waals surface area contributed by atoms with Gasteiger partial charge in [0.2, 0.25) is 0 Å². The Morgan fingerprint density at radius 3 is 2.17 bits per heavy atom. The van der Waals surface area contributed by atoms with Crippen molar-refractivity contribution >= 4 is 45.0 Å². The van der Waals surface area contributed by atoms with Gasteiger partial charge in [0.05, 0.1) is 10.6 Å². The molecular weight excluding hydrogens is 432 g/mol. The number of carbonyl (C=O) groups is 1. The molecule has 6 heteroatoms. The van der Waals surface area contributed by atoms with Crippen LogP contribution in [0, 0.1) is 10.1 Å². The molecule has 1 aliphatic heterocycles. The normalized spacial score (nSPS) is 14.9. The molecule has 3 aromatic rings. The average molecular weight is 447 g/mol. The summed E-state index contributed by atoms with van der Waals surface area (Å²) >= 11 is 3.42.